The summed E-state index contributed by atoms with van der Waals surface area (Å²) in [4.78, 5) is 25.1. The fourth-order valence-corrected chi connectivity index (χ4v) is 2.22. The average molecular weight is 241 g/mol. The van der Waals surface area contributed by atoms with Gasteiger partial charge >= 0.3 is 5.97 Å². The average Bonchev–Trinajstić information content (AvgIpc) is 2.56. The molecule has 0 atom stereocenters. The minimum Gasteiger partial charge on any atom is -0.466 e. The standard InChI is InChI=1S/C13H23NO3/c1-4-17-12(16)7-6-11(15)10-14-9-5-8-13(14,2)3/h4-10H2,1-3H3. The Morgan fingerprint density at radius 2 is 2.00 bits per heavy atom. The third-order valence-corrected chi connectivity index (χ3v) is 3.35. The Labute approximate surface area is 103 Å². The molecule has 1 fully saturated rings. The fourth-order valence-electron chi connectivity index (χ4n) is 2.22. The molecule has 0 spiro atoms. The highest BCUT2D eigenvalue weighted by Crippen LogP contribution is 2.27. The van der Waals surface area contributed by atoms with Crippen LogP contribution in [0.25, 0.3) is 0 Å². The first-order chi connectivity index (χ1) is 7.95. The molecule has 0 saturated carbocycles. The van der Waals surface area contributed by atoms with E-state index < -0.39 is 0 Å². The molecule has 1 saturated heterocycles. The maximum atomic E-state index is 11.7. The molecule has 4 heteroatoms. The molecule has 0 amide bonds. The molecule has 1 rings (SSSR count). The van der Waals surface area contributed by atoms with Crippen molar-refractivity contribution in [3.8, 4) is 0 Å². The number of nitrogens with zero attached hydrogens (tertiary/aromatic N) is 1. The first-order valence-electron chi connectivity index (χ1n) is 6.38. The molecule has 0 radical (unpaired) electrons. The van der Waals surface area contributed by atoms with Crippen LogP contribution in [0, 0.1) is 0 Å². The molecule has 0 aromatic rings. The molecule has 0 N–H and O–H groups in total. The molecular formula is C13H23NO3. The topological polar surface area (TPSA) is 46.6 Å². The van der Waals surface area contributed by atoms with E-state index in [1.165, 1.54) is 0 Å². The molecule has 1 aliphatic rings. The molecule has 4 nitrogen and oxygen atoms in total. The number of carbonyl (C=O) groups excluding carboxylic acids is 2. The Morgan fingerprint density at radius 1 is 1.29 bits per heavy atom. The zero-order valence-corrected chi connectivity index (χ0v) is 11.1. The SMILES string of the molecule is CCOC(=O)CCC(=O)CN1CCCC1(C)C. The zero-order chi connectivity index (χ0) is 12.9. The van der Waals surface area contributed by atoms with E-state index in [0.717, 1.165) is 19.4 Å². The Bertz CT molecular complexity index is 286. The van der Waals surface area contributed by atoms with E-state index in [9.17, 15) is 9.59 Å². The first-order valence-corrected chi connectivity index (χ1v) is 6.38. The third kappa shape index (κ3) is 4.46. The van der Waals surface area contributed by atoms with Gasteiger partial charge in [-0.2, -0.15) is 0 Å². The van der Waals surface area contributed by atoms with Gasteiger partial charge in [-0.15, -0.1) is 0 Å². The van der Waals surface area contributed by atoms with E-state index in [4.69, 9.17) is 4.74 Å². The lowest BCUT2D eigenvalue weighted by molar-refractivity contribution is -0.144. The Hall–Kier alpha value is -0.900. The van der Waals surface area contributed by atoms with Crippen LogP contribution in [0.15, 0.2) is 0 Å². The van der Waals surface area contributed by atoms with Crippen LogP contribution in [0.1, 0.15) is 46.5 Å². The van der Waals surface area contributed by atoms with Gasteiger partial charge in [0.25, 0.3) is 0 Å². The molecule has 1 aliphatic heterocycles. The quantitative estimate of drug-likeness (QED) is 0.665. The summed E-state index contributed by atoms with van der Waals surface area (Å²) < 4.78 is 4.80. The summed E-state index contributed by atoms with van der Waals surface area (Å²) in [6, 6.07) is 0. The third-order valence-electron chi connectivity index (χ3n) is 3.35. The lowest BCUT2D eigenvalue weighted by Gasteiger charge is -2.30. The van der Waals surface area contributed by atoms with Gasteiger partial charge in [-0.25, -0.2) is 0 Å². The number of hydrogen-bond acceptors (Lipinski definition) is 4. The van der Waals surface area contributed by atoms with Crippen LogP contribution in [-0.2, 0) is 14.3 Å². The van der Waals surface area contributed by atoms with Crippen molar-refractivity contribution in [2.24, 2.45) is 0 Å². The number of ketones is 1. The molecule has 0 aliphatic carbocycles. The lowest BCUT2D eigenvalue weighted by Crippen LogP contribution is -2.41. The predicted octanol–water partition coefficient (Wildman–Crippen LogP) is 1.77. The van der Waals surface area contributed by atoms with E-state index in [0.29, 0.717) is 19.6 Å². The fraction of sp³-hybridized carbons (Fsp3) is 0.846. The van der Waals surface area contributed by atoms with Crippen LogP contribution in [0.5, 0.6) is 0 Å². The van der Waals surface area contributed by atoms with Gasteiger partial charge in [-0.1, -0.05) is 0 Å². The minimum atomic E-state index is -0.276. The molecule has 0 aromatic heterocycles. The van der Waals surface area contributed by atoms with Crippen molar-refractivity contribution >= 4 is 11.8 Å². The van der Waals surface area contributed by atoms with Crippen molar-refractivity contribution in [2.75, 3.05) is 19.7 Å². The first kappa shape index (κ1) is 14.2. The zero-order valence-electron chi connectivity index (χ0n) is 11.1. The van der Waals surface area contributed by atoms with Crippen molar-refractivity contribution < 1.29 is 14.3 Å². The summed E-state index contributed by atoms with van der Waals surface area (Å²) in [5, 5.41) is 0. The highest BCUT2D eigenvalue weighted by molar-refractivity contribution is 5.84. The number of rotatable bonds is 6. The van der Waals surface area contributed by atoms with E-state index in [1.54, 1.807) is 6.92 Å². The van der Waals surface area contributed by atoms with Crippen LogP contribution in [0.4, 0.5) is 0 Å². The Balaban J connectivity index is 2.28. The number of ether oxygens (including phenoxy) is 1. The van der Waals surface area contributed by atoms with Gasteiger partial charge in [0.1, 0.15) is 5.78 Å². The second kappa shape index (κ2) is 6.15. The van der Waals surface area contributed by atoms with Crippen molar-refractivity contribution in [3.63, 3.8) is 0 Å². The predicted molar refractivity (Wildman–Crippen MR) is 65.8 cm³/mol. The molecular weight excluding hydrogens is 218 g/mol. The van der Waals surface area contributed by atoms with Crippen LogP contribution >= 0.6 is 0 Å². The number of Topliss-reactive ketones (excluding diaryl/α,β-unsaturated/α-hetero) is 1. The van der Waals surface area contributed by atoms with Crippen molar-refractivity contribution in [1.82, 2.24) is 4.90 Å². The summed E-state index contributed by atoms with van der Waals surface area (Å²) in [5.41, 5.74) is 0.125. The molecule has 1 heterocycles. The number of hydrogen-bond donors (Lipinski definition) is 0. The number of carbonyl (C=O) groups is 2. The van der Waals surface area contributed by atoms with Gasteiger partial charge in [0.15, 0.2) is 0 Å². The highest BCUT2D eigenvalue weighted by Gasteiger charge is 2.32. The molecule has 0 unspecified atom stereocenters. The molecule has 0 aromatic carbocycles. The van der Waals surface area contributed by atoms with Crippen LogP contribution < -0.4 is 0 Å². The second-order valence-electron chi connectivity index (χ2n) is 5.18. The van der Waals surface area contributed by atoms with Crippen molar-refractivity contribution in [1.29, 1.82) is 0 Å². The summed E-state index contributed by atoms with van der Waals surface area (Å²) in [5.74, 6) is -0.144. The maximum Gasteiger partial charge on any atom is 0.306 e. The summed E-state index contributed by atoms with van der Waals surface area (Å²) in [6.07, 6.45) is 2.79. The Morgan fingerprint density at radius 3 is 2.53 bits per heavy atom. The van der Waals surface area contributed by atoms with Gasteiger partial charge in [0.05, 0.1) is 19.6 Å². The van der Waals surface area contributed by atoms with Crippen molar-refractivity contribution in [3.05, 3.63) is 0 Å². The number of likely N-dealkylation sites (tertiary alicyclic amines) is 1. The lowest BCUT2D eigenvalue weighted by atomic mass is 10.0. The van der Waals surface area contributed by atoms with Crippen LogP contribution in [0.3, 0.4) is 0 Å². The van der Waals surface area contributed by atoms with Gasteiger partial charge in [-0.3, -0.25) is 14.5 Å². The van der Waals surface area contributed by atoms with Gasteiger partial charge in [0, 0.05) is 12.0 Å². The minimum absolute atomic E-state index is 0.125. The number of esters is 1. The van der Waals surface area contributed by atoms with E-state index in [-0.39, 0.29) is 23.7 Å². The summed E-state index contributed by atoms with van der Waals surface area (Å²) >= 11 is 0. The largest absolute Gasteiger partial charge is 0.466 e. The van der Waals surface area contributed by atoms with Gasteiger partial charge < -0.3 is 4.74 Å². The van der Waals surface area contributed by atoms with Crippen molar-refractivity contribution in [2.45, 2.75) is 52.0 Å². The van der Waals surface area contributed by atoms with Gasteiger partial charge in [-0.05, 0) is 40.2 Å². The monoisotopic (exact) mass is 241 g/mol. The molecule has 17 heavy (non-hydrogen) atoms. The second-order valence-corrected chi connectivity index (χ2v) is 5.18. The summed E-state index contributed by atoms with van der Waals surface area (Å²) in [6.45, 7) is 7.93. The van der Waals surface area contributed by atoms with E-state index in [1.807, 2.05) is 0 Å². The smallest absolute Gasteiger partial charge is 0.306 e. The normalized spacial score (nSPS) is 19.2. The summed E-state index contributed by atoms with van der Waals surface area (Å²) in [7, 11) is 0. The maximum absolute atomic E-state index is 11.7. The molecule has 0 bridgehead atoms. The van der Waals surface area contributed by atoms with E-state index in [2.05, 4.69) is 18.7 Å². The van der Waals surface area contributed by atoms with Gasteiger partial charge in [0.2, 0.25) is 0 Å². The molecule has 98 valence electrons. The van der Waals surface area contributed by atoms with Crippen LogP contribution in [0.2, 0.25) is 0 Å². The van der Waals surface area contributed by atoms with Crippen LogP contribution in [-0.4, -0.2) is 41.9 Å². The highest BCUT2D eigenvalue weighted by atomic mass is 16.5. The Kier molecular flexibility index (Phi) is 5.12. The van der Waals surface area contributed by atoms with E-state index >= 15 is 0 Å².